The van der Waals surface area contributed by atoms with Crippen LogP contribution in [-0.2, 0) is 4.79 Å². The number of nitrogens with zero attached hydrogens (tertiary/aromatic N) is 5. The quantitative estimate of drug-likeness (QED) is 0.589. The third kappa shape index (κ3) is 2.74. The maximum absolute atomic E-state index is 12.6. The Labute approximate surface area is 154 Å². The smallest absolute Gasteiger partial charge is 0.278 e. The Morgan fingerprint density at radius 1 is 1.30 bits per heavy atom. The number of carbonyl (C=O) groups is 1. The fourth-order valence-corrected chi connectivity index (χ4v) is 3.79. The molecule has 10 heteroatoms. The van der Waals surface area contributed by atoms with Crippen LogP contribution < -0.4 is 16.4 Å². The molecule has 138 valence electrons. The van der Waals surface area contributed by atoms with E-state index in [0.29, 0.717) is 23.2 Å². The number of hydrogen-bond acceptors (Lipinski definition) is 8. The Bertz CT molecular complexity index is 1000. The topological polar surface area (TPSA) is 137 Å². The van der Waals surface area contributed by atoms with E-state index in [4.69, 9.17) is 5.73 Å². The number of nitrogens with one attached hydrogen (secondary N) is 3. The van der Waals surface area contributed by atoms with Gasteiger partial charge in [-0.25, -0.2) is 15.0 Å². The minimum Gasteiger partial charge on any atom is -0.330 e. The van der Waals surface area contributed by atoms with Gasteiger partial charge in [0, 0.05) is 23.8 Å². The van der Waals surface area contributed by atoms with E-state index in [1.807, 2.05) is 17.2 Å². The number of amides is 1. The summed E-state index contributed by atoms with van der Waals surface area (Å²) in [6, 6.07) is 2.15. The number of amidine groups is 1. The lowest BCUT2D eigenvalue weighted by Gasteiger charge is -2.38. The first-order valence-electron chi connectivity index (χ1n) is 8.93. The molecule has 1 amide bonds. The van der Waals surface area contributed by atoms with Gasteiger partial charge in [0.2, 0.25) is 0 Å². The van der Waals surface area contributed by atoms with Gasteiger partial charge in [-0.2, -0.15) is 5.10 Å². The van der Waals surface area contributed by atoms with Crippen molar-refractivity contribution in [1.29, 1.82) is 0 Å². The predicted octanol–water partition coefficient (Wildman–Crippen LogP) is 0.638. The van der Waals surface area contributed by atoms with Gasteiger partial charge in [0.05, 0.1) is 18.1 Å². The van der Waals surface area contributed by atoms with Crippen molar-refractivity contribution in [2.75, 3.05) is 5.32 Å². The molecule has 2 aliphatic heterocycles. The summed E-state index contributed by atoms with van der Waals surface area (Å²) >= 11 is 0. The van der Waals surface area contributed by atoms with Gasteiger partial charge in [-0.05, 0) is 18.9 Å². The van der Waals surface area contributed by atoms with Crippen LogP contribution in [0.5, 0.6) is 0 Å². The van der Waals surface area contributed by atoms with Crippen molar-refractivity contribution in [2.45, 2.75) is 37.6 Å². The molecule has 2 aromatic rings. The van der Waals surface area contributed by atoms with Crippen molar-refractivity contribution in [3.05, 3.63) is 30.9 Å². The van der Waals surface area contributed by atoms with Crippen molar-refractivity contribution < 1.29 is 4.79 Å². The first-order chi connectivity index (χ1) is 13.1. The van der Waals surface area contributed by atoms with E-state index in [1.54, 1.807) is 18.6 Å². The summed E-state index contributed by atoms with van der Waals surface area (Å²) in [5.41, 5.74) is 7.96. The monoisotopic (exact) mass is 365 g/mol. The summed E-state index contributed by atoms with van der Waals surface area (Å²) in [7, 11) is 0. The van der Waals surface area contributed by atoms with Crippen LogP contribution in [0.4, 0.5) is 5.69 Å². The molecule has 0 radical (unpaired) electrons. The number of pyridine rings is 1. The maximum Gasteiger partial charge on any atom is 0.278 e. The predicted molar refractivity (Wildman–Crippen MR) is 101 cm³/mol. The van der Waals surface area contributed by atoms with Crippen LogP contribution in [0.25, 0.3) is 11.0 Å². The van der Waals surface area contributed by atoms with Crippen molar-refractivity contribution in [3.8, 4) is 0 Å². The molecule has 2 aromatic heterocycles. The number of H-pyrrole nitrogens is 1. The van der Waals surface area contributed by atoms with Crippen LogP contribution in [0, 0.1) is 0 Å². The summed E-state index contributed by atoms with van der Waals surface area (Å²) < 4.78 is 0. The number of fused-ring (bicyclic) bond motifs is 2. The van der Waals surface area contributed by atoms with E-state index in [2.05, 4.69) is 35.8 Å². The number of aromatic nitrogens is 3. The highest BCUT2D eigenvalue weighted by Gasteiger charge is 2.41. The Morgan fingerprint density at radius 3 is 3.00 bits per heavy atom. The highest BCUT2D eigenvalue weighted by atomic mass is 16.2. The Kier molecular flexibility index (Phi) is 3.47. The molecule has 27 heavy (non-hydrogen) atoms. The second-order valence-corrected chi connectivity index (χ2v) is 6.93. The number of nitrogens with two attached hydrogens (primary N) is 1. The number of rotatable bonds is 3. The lowest BCUT2D eigenvalue weighted by molar-refractivity contribution is -0.116. The summed E-state index contributed by atoms with van der Waals surface area (Å²) in [6.45, 7) is 0. The molecular weight excluding hydrogens is 346 g/mol. The van der Waals surface area contributed by atoms with Crippen molar-refractivity contribution in [1.82, 2.24) is 25.4 Å². The Hall–Kier alpha value is -3.27. The highest BCUT2D eigenvalue weighted by molar-refractivity contribution is 6.67. The standard InChI is InChI=1S/C17H19N9O/c18-17(22-11-7-10-8-21-25-14(10)20-9-11)23-15-13(16(27)24-17)19-5-6-26(15)12-3-1-2-4-12/h5-9,12,22H,1-4,18H2,(H,24,27)(H,20,21,25). The lowest BCUT2D eigenvalue weighted by Crippen LogP contribution is -2.67. The van der Waals surface area contributed by atoms with E-state index < -0.39 is 5.91 Å². The van der Waals surface area contributed by atoms with Gasteiger partial charge in [-0.1, -0.05) is 12.8 Å². The van der Waals surface area contributed by atoms with Crippen LogP contribution in [0.3, 0.4) is 0 Å². The minimum absolute atomic E-state index is 0.288. The highest BCUT2D eigenvalue weighted by Crippen LogP contribution is 2.27. The fourth-order valence-electron chi connectivity index (χ4n) is 3.79. The van der Waals surface area contributed by atoms with Gasteiger partial charge >= 0.3 is 0 Å². The molecular formula is C17H19N9O. The van der Waals surface area contributed by atoms with Crippen LogP contribution >= 0.6 is 0 Å². The first kappa shape index (κ1) is 15.9. The molecule has 1 saturated carbocycles. The molecule has 0 spiro atoms. The molecule has 5 rings (SSSR count). The van der Waals surface area contributed by atoms with Crippen LogP contribution in [0.2, 0.25) is 0 Å². The molecule has 1 fully saturated rings. The molecule has 0 saturated heterocycles. The molecule has 3 aliphatic rings. The molecule has 10 nitrogen and oxygen atoms in total. The van der Waals surface area contributed by atoms with Gasteiger partial charge in [-0.3, -0.25) is 20.9 Å². The van der Waals surface area contributed by atoms with E-state index in [1.165, 1.54) is 12.8 Å². The largest absolute Gasteiger partial charge is 0.330 e. The zero-order valence-corrected chi connectivity index (χ0v) is 14.5. The van der Waals surface area contributed by atoms with Crippen LogP contribution in [-0.4, -0.2) is 49.5 Å². The van der Waals surface area contributed by atoms with E-state index in [9.17, 15) is 4.79 Å². The van der Waals surface area contributed by atoms with Gasteiger partial charge in [0.25, 0.3) is 11.8 Å². The third-order valence-electron chi connectivity index (χ3n) is 5.03. The van der Waals surface area contributed by atoms with Gasteiger partial charge < -0.3 is 10.2 Å². The third-order valence-corrected chi connectivity index (χ3v) is 5.03. The molecule has 1 unspecified atom stereocenters. The van der Waals surface area contributed by atoms with Gasteiger partial charge in [0.1, 0.15) is 0 Å². The zero-order chi connectivity index (χ0) is 18.4. The first-order valence-corrected chi connectivity index (χ1v) is 8.93. The fraction of sp³-hybridized carbons (Fsp3) is 0.353. The van der Waals surface area contributed by atoms with Gasteiger partial charge in [0.15, 0.2) is 17.2 Å². The lowest BCUT2D eigenvalue weighted by atomic mass is 10.1. The Balaban J connectivity index is 1.49. The van der Waals surface area contributed by atoms with Crippen LogP contribution in [0.15, 0.2) is 40.8 Å². The summed E-state index contributed by atoms with van der Waals surface area (Å²) in [5.74, 6) is -1.35. The summed E-state index contributed by atoms with van der Waals surface area (Å²) in [6.07, 6.45) is 11.2. The molecule has 1 atom stereocenters. The van der Waals surface area contributed by atoms with Crippen molar-refractivity contribution in [2.24, 2.45) is 15.7 Å². The number of anilines is 1. The number of aromatic amines is 1. The molecule has 5 N–H and O–H groups in total. The number of hydrogen-bond donors (Lipinski definition) is 4. The number of carbonyl (C=O) groups excluding carboxylic acids is 1. The maximum atomic E-state index is 12.6. The van der Waals surface area contributed by atoms with E-state index >= 15 is 0 Å². The summed E-state index contributed by atoms with van der Waals surface area (Å²) in [4.78, 5) is 27.8. The Morgan fingerprint density at radius 2 is 2.15 bits per heavy atom. The molecule has 0 bridgehead atoms. The normalized spacial score (nSPS) is 25.2. The average Bonchev–Trinajstić information content (AvgIpc) is 3.32. The summed E-state index contributed by atoms with van der Waals surface area (Å²) in [5, 5.41) is 13.3. The van der Waals surface area contributed by atoms with Crippen LogP contribution in [0.1, 0.15) is 25.7 Å². The van der Waals surface area contributed by atoms with Gasteiger partial charge in [-0.15, -0.1) is 0 Å². The average molecular weight is 365 g/mol. The minimum atomic E-state index is -1.49. The molecule has 1 aliphatic carbocycles. The second-order valence-electron chi connectivity index (χ2n) is 6.93. The van der Waals surface area contributed by atoms with Crippen molar-refractivity contribution >= 4 is 34.2 Å². The second kappa shape index (κ2) is 5.88. The van der Waals surface area contributed by atoms with Crippen molar-refractivity contribution in [3.63, 3.8) is 0 Å². The number of aliphatic imine (C=N–C) groups is 2. The van der Waals surface area contributed by atoms with E-state index in [0.717, 1.165) is 18.2 Å². The SMILES string of the molecule is NC1(Nc2cnc3[nH]ncc3c2)N=C2C(=NC=CN2C2CCCC2)C(=O)N1. The van der Waals surface area contributed by atoms with E-state index in [-0.39, 0.29) is 11.6 Å². The molecule has 0 aromatic carbocycles. The molecule has 4 heterocycles. The zero-order valence-electron chi connectivity index (χ0n) is 14.5.